The molecule has 0 saturated carbocycles. The van der Waals surface area contributed by atoms with Gasteiger partial charge in [0, 0.05) is 13.8 Å². The molecule has 0 fully saturated rings. The van der Waals surface area contributed by atoms with Crippen molar-refractivity contribution in [3.05, 3.63) is 36.4 Å². The van der Waals surface area contributed by atoms with Gasteiger partial charge in [-0.2, -0.15) is 0 Å². The first kappa shape index (κ1) is 14.8. The number of benzene rings is 1. The molecular formula is C16H24O2. The van der Waals surface area contributed by atoms with Crippen LogP contribution in [0.2, 0.25) is 0 Å². The molecule has 0 radical (unpaired) electrons. The Bertz CT molecular complexity index is 369. The van der Waals surface area contributed by atoms with Crippen molar-refractivity contribution < 1.29 is 9.47 Å². The fraction of sp³-hybridized carbons (Fsp3) is 0.500. The van der Waals surface area contributed by atoms with Crippen LogP contribution in [0.25, 0.3) is 6.08 Å². The lowest BCUT2D eigenvalue weighted by molar-refractivity contribution is -0.156. The van der Waals surface area contributed by atoms with Gasteiger partial charge in [-0.05, 0) is 24.1 Å². The zero-order chi connectivity index (χ0) is 13.4. The summed E-state index contributed by atoms with van der Waals surface area (Å²) in [6.07, 6.45) is 5.28. The molecule has 0 bridgehead atoms. The van der Waals surface area contributed by atoms with E-state index in [4.69, 9.17) is 9.47 Å². The van der Waals surface area contributed by atoms with E-state index < -0.39 is 5.79 Å². The zero-order valence-electron chi connectivity index (χ0n) is 11.7. The van der Waals surface area contributed by atoms with Crippen LogP contribution in [0.1, 0.15) is 45.6 Å². The highest BCUT2D eigenvalue weighted by molar-refractivity contribution is 5.49. The van der Waals surface area contributed by atoms with Crippen LogP contribution in [-0.2, 0) is 4.74 Å². The standard InChI is InChI=1S/C16H24O2/c1-5-7-8-12-17-16(3,4)18-15-11-9-10-14(6-2)13-15/h6,9-11,13H,2,5,7-8,12H2,1,3-4H3. The Balaban J connectivity index is 2.50. The smallest absolute Gasteiger partial charge is 0.204 e. The lowest BCUT2D eigenvalue weighted by atomic mass is 10.2. The van der Waals surface area contributed by atoms with Gasteiger partial charge in [-0.15, -0.1) is 0 Å². The first-order valence-electron chi connectivity index (χ1n) is 6.63. The monoisotopic (exact) mass is 248 g/mol. The Kier molecular flexibility index (Phi) is 5.93. The number of ether oxygens (including phenoxy) is 2. The van der Waals surface area contributed by atoms with E-state index >= 15 is 0 Å². The first-order valence-corrected chi connectivity index (χ1v) is 6.63. The minimum atomic E-state index is -0.590. The Morgan fingerprint density at radius 2 is 2.06 bits per heavy atom. The van der Waals surface area contributed by atoms with Crippen LogP contribution in [0.3, 0.4) is 0 Å². The second-order valence-electron chi connectivity index (χ2n) is 4.83. The molecule has 1 aromatic carbocycles. The van der Waals surface area contributed by atoms with E-state index in [-0.39, 0.29) is 0 Å². The molecule has 0 aliphatic heterocycles. The summed E-state index contributed by atoms with van der Waals surface area (Å²) in [6.45, 7) is 10.6. The number of hydrogen-bond donors (Lipinski definition) is 0. The molecule has 0 N–H and O–H groups in total. The van der Waals surface area contributed by atoms with Crippen LogP contribution in [0.15, 0.2) is 30.8 Å². The van der Waals surface area contributed by atoms with Gasteiger partial charge in [-0.1, -0.05) is 44.6 Å². The molecule has 2 heteroatoms. The van der Waals surface area contributed by atoms with Crippen molar-refractivity contribution in [2.24, 2.45) is 0 Å². The second kappa shape index (κ2) is 7.22. The molecule has 2 nitrogen and oxygen atoms in total. The minimum Gasteiger partial charge on any atom is -0.463 e. The van der Waals surface area contributed by atoms with Gasteiger partial charge in [0.15, 0.2) is 0 Å². The summed E-state index contributed by atoms with van der Waals surface area (Å²) in [5.41, 5.74) is 1.05. The van der Waals surface area contributed by atoms with Gasteiger partial charge in [0.2, 0.25) is 5.79 Å². The van der Waals surface area contributed by atoms with E-state index in [2.05, 4.69) is 13.5 Å². The molecule has 1 aromatic rings. The predicted octanol–water partition coefficient (Wildman–Crippen LogP) is 4.65. The molecule has 0 amide bonds. The van der Waals surface area contributed by atoms with Crippen LogP contribution in [-0.4, -0.2) is 12.4 Å². The van der Waals surface area contributed by atoms with Gasteiger partial charge < -0.3 is 9.47 Å². The van der Waals surface area contributed by atoms with Crippen molar-refractivity contribution in [1.29, 1.82) is 0 Å². The van der Waals surface area contributed by atoms with Gasteiger partial charge in [0.25, 0.3) is 0 Å². The molecule has 100 valence electrons. The van der Waals surface area contributed by atoms with Crippen LogP contribution >= 0.6 is 0 Å². The Morgan fingerprint density at radius 3 is 2.72 bits per heavy atom. The van der Waals surface area contributed by atoms with E-state index in [1.807, 2.05) is 44.2 Å². The van der Waals surface area contributed by atoms with Crippen molar-refractivity contribution in [3.63, 3.8) is 0 Å². The van der Waals surface area contributed by atoms with Gasteiger partial charge in [-0.3, -0.25) is 0 Å². The minimum absolute atomic E-state index is 0.590. The summed E-state index contributed by atoms with van der Waals surface area (Å²) < 4.78 is 11.6. The molecule has 0 aliphatic carbocycles. The Labute approximate surface area is 111 Å². The van der Waals surface area contributed by atoms with Crippen molar-refractivity contribution in [2.45, 2.75) is 45.8 Å². The molecule has 0 heterocycles. The predicted molar refractivity (Wildman–Crippen MR) is 76.7 cm³/mol. The number of unbranched alkanes of at least 4 members (excludes halogenated alkanes) is 2. The van der Waals surface area contributed by atoms with Gasteiger partial charge >= 0.3 is 0 Å². The van der Waals surface area contributed by atoms with Crippen molar-refractivity contribution in [2.75, 3.05) is 6.61 Å². The van der Waals surface area contributed by atoms with Crippen molar-refractivity contribution >= 4 is 6.08 Å². The summed E-state index contributed by atoms with van der Waals surface area (Å²) in [5.74, 6) is 0.223. The molecule has 0 unspecified atom stereocenters. The van der Waals surface area contributed by atoms with Crippen molar-refractivity contribution in [1.82, 2.24) is 0 Å². The fourth-order valence-corrected chi connectivity index (χ4v) is 1.69. The summed E-state index contributed by atoms with van der Waals surface area (Å²) in [5, 5.41) is 0. The highest BCUT2D eigenvalue weighted by Crippen LogP contribution is 2.21. The topological polar surface area (TPSA) is 18.5 Å². The largest absolute Gasteiger partial charge is 0.463 e. The summed E-state index contributed by atoms with van der Waals surface area (Å²) in [6, 6.07) is 7.85. The van der Waals surface area contributed by atoms with Gasteiger partial charge in [0.1, 0.15) is 5.75 Å². The summed E-state index contributed by atoms with van der Waals surface area (Å²) >= 11 is 0. The Morgan fingerprint density at radius 1 is 1.28 bits per heavy atom. The maximum absolute atomic E-state index is 5.85. The zero-order valence-corrected chi connectivity index (χ0v) is 11.7. The van der Waals surface area contributed by atoms with E-state index in [0.29, 0.717) is 0 Å². The highest BCUT2D eigenvalue weighted by Gasteiger charge is 2.19. The van der Waals surface area contributed by atoms with Gasteiger partial charge in [0.05, 0.1) is 6.61 Å². The molecule has 0 aromatic heterocycles. The number of rotatable bonds is 8. The molecule has 0 spiro atoms. The lowest BCUT2D eigenvalue weighted by Gasteiger charge is -2.26. The summed E-state index contributed by atoms with van der Waals surface area (Å²) in [7, 11) is 0. The third-order valence-electron chi connectivity index (χ3n) is 2.65. The van der Waals surface area contributed by atoms with Crippen LogP contribution in [0, 0.1) is 0 Å². The van der Waals surface area contributed by atoms with Gasteiger partial charge in [-0.25, -0.2) is 0 Å². The SMILES string of the molecule is C=Cc1cccc(OC(C)(C)OCCCCC)c1. The molecule has 1 rings (SSSR count). The third kappa shape index (κ3) is 5.37. The highest BCUT2D eigenvalue weighted by atomic mass is 16.7. The van der Waals surface area contributed by atoms with E-state index in [1.165, 1.54) is 12.8 Å². The maximum Gasteiger partial charge on any atom is 0.204 e. The molecule has 0 aliphatic rings. The summed E-state index contributed by atoms with van der Waals surface area (Å²) in [4.78, 5) is 0. The maximum atomic E-state index is 5.85. The fourth-order valence-electron chi connectivity index (χ4n) is 1.69. The molecule has 0 saturated heterocycles. The molecule has 18 heavy (non-hydrogen) atoms. The van der Waals surface area contributed by atoms with Crippen molar-refractivity contribution in [3.8, 4) is 5.75 Å². The quantitative estimate of drug-likeness (QED) is 0.492. The lowest BCUT2D eigenvalue weighted by Crippen LogP contribution is -2.32. The molecular weight excluding hydrogens is 224 g/mol. The van der Waals surface area contributed by atoms with E-state index in [0.717, 1.165) is 24.3 Å². The first-order chi connectivity index (χ1) is 8.57. The normalized spacial score (nSPS) is 11.3. The van der Waals surface area contributed by atoms with E-state index in [1.54, 1.807) is 0 Å². The van der Waals surface area contributed by atoms with Crippen LogP contribution < -0.4 is 4.74 Å². The van der Waals surface area contributed by atoms with Crippen LogP contribution in [0.5, 0.6) is 5.75 Å². The Hall–Kier alpha value is -1.28. The molecule has 0 atom stereocenters. The number of hydrogen-bond acceptors (Lipinski definition) is 2. The second-order valence-corrected chi connectivity index (χ2v) is 4.83. The average molecular weight is 248 g/mol. The van der Waals surface area contributed by atoms with Crippen LogP contribution in [0.4, 0.5) is 0 Å². The third-order valence-corrected chi connectivity index (χ3v) is 2.65. The average Bonchev–Trinajstić information content (AvgIpc) is 2.34. The van der Waals surface area contributed by atoms with E-state index in [9.17, 15) is 0 Å².